The highest BCUT2D eigenvalue weighted by Gasteiger charge is 2.28. The van der Waals surface area contributed by atoms with Gasteiger partial charge in [-0.25, -0.2) is 8.42 Å². The summed E-state index contributed by atoms with van der Waals surface area (Å²) < 4.78 is 32.5. The van der Waals surface area contributed by atoms with Crippen molar-refractivity contribution >= 4 is 44.0 Å². The SMILES string of the molecule is COC(=O)CN(c1cccc2ccccc12)S(=O)(=O)c1ccc(NC(C)=O)cc1. The Bertz CT molecular complexity index is 1150. The lowest BCUT2D eigenvalue weighted by Crippen LogP contribution is -2.36. The fraction of sp³-hybridized carbons (Fsp3) is 0.143. The number of benzene rings is 3. The molecular weight excluding hydrogens is 392 g/mol. The molecule has 0 aromatic heterocycles. The Kier molecular flexibility index (Phi) is 5.84. The summed E-state index contributed by atoms with van der Waals surface area (Å²) in [4.78, 5) is 23.2. The van der Waals surface area contributed by atoms with Crippen molar-refractivity contribution in [3.8, 4) is 0 Å². The number of methoxy groups -OCH3 is 1. The van der Waals surface area contributed by atoms with Crippen LogP contribution in [-0.4, -0.2) is 33.9 Å². The summed E-state index contributed by atoms with van der Waals surface area (Å²) in [5.41, 5.74) is 0.848. The molecule has 0 unspecified atom stereocenters. The van der Waals surface area contributed by atoms with Gasteiger partial charge in [0, 0.05) is 18.0 Å². The largest absolute Gasteiger partial charge is 0.468 e. The maximum absolute atomic E-state index is 13.4. The minimum absolute atomic E-state index is 0.0107. The smallest absolute Gasteiger partial charge is 0.326 e. The molecule has 7 nitrogen and oxygen atoms in total. The molecule has 0 aliphatic carbocycles. The van der Waals surface area contributed by atoms with E-state index >= 15 is 0 Å². The molecule has 0 saturated heterocycles. The van der Waals surface area contributed by atoms with Crippen molar-refractivity contribution in [1.82, 2.24) is 0 Å². The fourth-order valence-electron chi connectivity index (χ4n) is 2.95. The highest BCUT2D eigenvalue weighted by atomic mass is 32.2. The summed E-state index contributed by atoms with van der Waals surface area (Å²) >= 11 is 0. The number of carbonyl (C=O) groups excluding carboxylic acids is 2. The molecule has 0 aliphatic rings. The number of esters is 1. The van der Waals surface area contributed by atoms with Crippen molar-refractivity contribution in [2.24, 2.45) is 0 Å². The van der Waals surface area contributed by atoms with Gasteiger partial charge in [-0.3, -0.25) is 13.9 Å². The molecule has 0 saturated carbocycles. The molecule has 0 atom stereocenters. The number of hydrogen-bond donors (Lipinski definition) is 1. The summed E-state index contributed by atoms with van der Waals surface area (Å²) in [6.07, 6.45) is 0. The molecule has 0 radical (unpaired) electrons. The molecule has 3 aromatic carbocycles. The molecular formula is C21H20N2O5S. The van der Waals surface area contributed by atoms with E-state index in [1.54, 1.807) is 24.3 Å². The predicted octanol–water partition coefficient (Wildman–Crippen LogP) is 3.17. The Labute approximate surface area is 169 Å². The van der Waals surface area contributed by atoms with Crippen molar-refractivity contribution in [3.05, 3.63) is 66.7 Å². The number of nitrogens with one attached hydrogen (secondary N) is 1. The third-order valence-electron chi connectivity index (χ3n) is 4.30. The van der Waals surface area contributed by atoms with Gasteiger partial charge in [-0.05, 0) is 35.7 Å². The third kappa shape index (κ3) is 4.38. The Morgan fingerprint density at radius 1 is 0.966 bits per heavy atom. The maximum atomic E-state index is 13.4. The summed E-state index contributed by atoms with van der Waals surface area (Å²) in [5, 5.41) is 4.12. The zero-order chi connectivity index (χ0) is 21.0. The first-order chi connectivity index (χ1) is 13.8. The van der Waals surface area contributed by atoms with E-state index in [4.69, 9.17) is 4.74 Å². The first-order valence-electron chi connectivity index (χ1n) is 8.78. The molecule has 3 rings (SSSR count). The van der Waals surface area contributed by atoms with Gasteiger partial charge in [0.1, 0.15) is 6.54 Å². The van der Waals surface area contributed by atoms with E-state index < -0.39 is 22.5 Å². The molecule has 0 bridgehead atoms. The van der Waals surface area contributed by atoms with Crippen LogP contribution in [0.3, 0.4) is 0 Å². The van der Waals surface area contributed by atoms with Crippen LogP contribution >= 0.6 is 0 Å². The van der Waals surface area contributed by atoms with Crippen molar-refractivity contribution in [3.63, 3.8) is 0 Å². The van der Waals surface area contributed by atoms with E-state index in [2.05, 4.69) is 5.32 Å². The lowest BCUT2D eigenvalue weighted by Gasteiger charge is -2.25. The van der Waals surface area contributed by atoms with Crippen LogP contribution in [0, 0.1) is 0 Å². The minimum Gasteiger partial charge on any atom is -0.468 e. The Morgan fingerprint density at radius 2 is 1.62 bits per heavy atom. The number of amides is 1. The molecule has 0 fully saturated rings. The van der Waals surface area contributed by atoms with E-state index in [0.717, 1.165) is 9.69 Å². The second-order valence-corrected chi connectivity index (χ2v) is 8.15. The summed E-state index contributed by atoms with van der Waals surface area (Å²) in [5.74, 6) is -0.944. The highest BCUT2D eigenvalue weighted by Crippen LogP contribution is 2.31. The average Bonchev–Trinajstić information content (AvgIpc) is 2.71. The average molecular weight is 412 g/mol. The number of sulfonamides is 1. The van der Waals surface area contributed by atoms with Gasteiger partial charge < -0.3 is 10.1 Å². The monoisotopic (exact) mass is 412 g/mol. The number of fused-ring (bicyclic) bond motifs is 1. The van der Waals surface area contributed by atoms with E-state index in [-0.39, 0.29) is 10.8 Å². The van der Waals surface area contributed by atoms with Crippen molar-refractivity contribution in [2.75, 3.05) is 23.3 Å². The van der Waals surface area contributed by atoms with Gasteiger partial charge in [0.15, 0.2) is 0 Å². The second-order valence-electron chi connectivity index (χ2n) is 6.29. The van der Waals surface area contributed by atoms with Crippen LogP contribution < -0.4 is 9.62 Å². The normalized spacial score (nSPS) is 11.1. The Hall–Kier alpha value is -3.39. The minimum atomic E-state index is -4.08. The Balaban J connectivity index is 2.10. The van der Waals surface area contributed by atoms with Crippen LogP contribution in [0.2, 0.25) is 0 Å². The molecule has 1 amide bonds. The number of hydrogen-bond acceptors (Lipinski definition) is 5. The van der Waals surface area contributed by atoms with Gasteiger partial charge in [0.25, 0.3) is 10.0 Å². The number of rotatable bonds is 6. The highest BCUT2D eigenvalue weighted by molar-refractivity contribution is 7.92. The quantitative estimate of drug-likeness (QED) is 0.628. The molecule has 8 heteroatoms. The number of carbonyl (C=O) groups is 2. The van der Waals surface area contributed by atoms with Gasteiger partial charge in [0.05, 0.1) is 17.7 Å². The molecule has 0 aliphatic heterocycles. The molecule has 3 aromatic rings. The maximum Gasteiger partial charge on any atom is 0.326 e. The second kappa shape index (κ2) is 8.32. The van der Waals surface area contributed by atoms with Crippen molar-refractivity contribution < 1.29 is 22.7 Å². The summed E-state index contributed by atoms with van der Waals surface area (Å²) in [7, 11) is -2.87. The zero-order valence-corrected chi connectivity index (χ0v) is 16.8. The molecule has 1 N–H and O–H groups in total. The van der Waals surface area contributed by atoms with E-state index in [0.29, 0.717) is 16.8 Å². The van der Waals surface area contributed by atoms with Gasteiger partial charge in [0.2, 0.25) is 5.91 Å². The standard InChI is InChI=1S/C21H20N2O5S/c1-15(24)22-17-10-12-18(13-11-17)29(26,27)23(14-21(25)28-2)20-9-5-7-16-6-3-4-8-19(16)20/h3-13H,14H2,1-2H3,(H,22,24). The first kappa shape index (κ1) is 20.3. The van der Waals surface area contributed by atoms with Crippen molar-refractivity contribution in [2.45, 2.75) is 11.8 Å². The van der Waals surface area contributed by atoms with Gasteiger partial charge in [-0.2, -0.15) is 0 Å². The third-order valence-corrected chi connectivity index (χ3v) is 6.07. The van der Waals surface area contributed by atoms with Crippen LogP contribution in [0.25, 0.3) is 10.8 Å². The van der Waals surface area contributed by atoms with Gasteiger partial charge >= 0.3 is 5.97 Å². The Morgan fingerprint density at radius 3 is 2.28 bits per heavy atom. The van der Waals surface area contributed by atoms with E-state index in [1.807, 2.05) is 18.2 Å². The number of nitrogens with zero attached hydrogens (tertiary/aromatic N) is 1. The predicted molar refractivity (Wildman–Crippen MR) is 111 cm³/mol. The number of anilines is 2. The van der Waals surface area contributed by atoms with E-state index in [9.17, 15) is 18.0 Å². The molecule has 29 heavy (non-hydrogen) atoms. The number of ether oxygens (including phenoxy) is 1. The molecule has 150 valence electrons. The molecule has 0 spiro atoms. The summed E-state index contributed by atoms with van der Waals surface area (Å²) in [6, 6.07) is 18.3. The molecule has 0 heterocycles. The first-order valence-corrected chi connectivity index (χ1v) is 10.2. The van der Waals surface area contributed by atoms with Gasteiger partial charge in [-0.15, -0.1) is 0 Å². The van der Waals surface area contributed by atoms with Gasteiger partial charge in [-0.1, -0.05) is 36.4 Å². The van der Waals surface area contributed by atoms with Crippen LogP contribution in [0.5, 0.6) is 0 Å². The van der Waals surface area contributed by atoms with Crippen LogP contribution in [0.15, 0.2) is 71.6 Å². The van der Waals surface area contributed by atoms with Crippen LogP contribution in [-0.2, 0) is 24.3 Å². The fourth-order valence-corrected chi connectivity index (χ4v) is 4.38. The topological polar surface area (TPSA) is 92.8 Å². The van der Waals surface area contributed by atoms with Crippen LogP contribution in [0.4, 0.5) is 11.4 Å². The lowest BCUT2D eigenvalue weighted by atomic mass is 10.1. The van der Waals surface area contributed by atoms with Crippen molar-refractivity contribution in [1.29, 1.82) is 0 Å². The summed E-state index contributed by atoms with van der Waals surface area (Å²) in [6.45, 7) is 0.892. The lowest BCUT2D eigenvalue weighted by molar-refractivity contribution is -0.138. The van der Waals surface area contributed by atoms with Crippen LogP contribution in [0.1, 0.15) is 6.92 Å². The van der Waals surface area contributed by atoms with E-state index in [1.165, 1.54) is 38.3 Å². The zero-order valence-electron chi connectivity index (χ0n) is 16.0.